The summed E-state index contributed by atoms with van der Waals surface area (Å²) in [5.74, 6) is 0.541. The molecule has 3 N–H and O–H groups in total. The maximum absolute atomic E-state index is 6.23. The monoisotopic (exact) mass is 476 g/mol. The molecule has 1 aliphatic heterocycles. The van der Waals surface area contributed by atoms with Crippen LogP contribution >= 0.6 is 11.6 Å². The van der Waals surface area contributed by atoms with Crippen LogP contribution in [0.25, 0.3) is 0 Å². The van der Waals surface area contributed by atoms with Crippen LogP contribution in [-0.2, 0) is 20.8 Å². The van der Waals surface area contributed by atoms with Gasteiger partial charge in [-0.15, -0.1) is 0 Å². The summed E-state index contributed by atoms with van der Waals surface area (Å²) in [4.78, 5) is 8.10. The van der Waals surface area contributed by atoms with E-state index in [2.05, 4.69) is 34.3 Å². The summed E-state index contributed by atoms with van der Waals surface area (Å²) in [6.07, 6.45) is 10.3. The van der Waals surface area contributed by atoms with Crippen LogP contribution in [0.1, 0.15) is 63.9 Å². The smallest absolute Gasteiger partial charge is 0.157 e. The number of nitrogens with zero attached hydrogens (tertiary/aromatic N) is 2. The second-order valence-corrected chi connectivity index (χ2v) is 8.97. The largest absolute Gasteiger partial charge is 0.393 e. The van der Waals surface area contributed by atoms with Crippen LogP contribution < -0.4 is 11.1 Å². The first-order valence-corrected chi connectivity index (χ1v) is 12.4. The molecule has 33 heavy (non-hydrogen) atoms. The molecule has 1 aromatic heterocycles. The van der Waals surface area contributed by atoms with Gasteiger partial charge in [0.1, 0.15) is 12.0 Å². The Balaban J connectivity index is 1.40. The van der Waals surface area contributed by atoms with Crippen molar-refractivity contribution in [2.45, 2.75) is 83.4 Å². The molecule has 7 nitrogen and oxygen atoms in total. The SMILES string of the molecule is CC(CCCCC[C@@H](CNc1ncnc(Cl)c1N)OCc1ccccc1)OC1CCCCO1. The Morgan fingerprint density at radius 3 is 2.76 bits per heavy atom. The number of hydrogen-bond donors (Lipinski definition) is 2. The van der Waals surface area contributed by atoms with E-state index in [0.717, 1.165) is 57.1 Å². The number of nitrogens with one attached hydrogen (secondary N) is 1. The maximum Gasteiger partial charge on any atom is 0.157 e. The van der Waals surface area contributed by atoms with E-state index in [4.69, 9.17) is 31.5 Å². The van der Waals surface area contributed by atoms with E-state index in [0.29, 0.717) is 24.7 Å². The van der Waals surface area contributed by atoms with Gasteiger partial charge in [0.15, 0.2) is 17.3 Å². The first-order valence-electron chi connectivity index (χ1n) is 12.0. The molecule has 0 bridgehead atoms. The van der Waals surface area contributed by atoms with Crippen molar-refractivity contribution in [2.75, 3.05) is 24.2 Å². The minimum atomic E-state index is -0.0154. The molecule has 1 aliphatic rings. The molecule has 0 spiro atoms. The van der Waals surface area contributed by atoms with Crippen molar-refractivity contribution in [1.82, 2.24) is 9.97 Å². The predicted molar refractivity (Wildman–Crippen MR) is 132 cm³/mol. The second-order valence-electron chi connectivity index (χ2n) is 8.61. The van der Waals surface area contributed by atoms with Gasteiger partial charge in [0.2, 0.25) is 0 Å². The molecule has 2 aromatic rings. The number of halogens is 1. The van der Waals surface area contributed by atoms with Gasteiger partial charge in [-0.1, -0.05) is 61.2 Å². The van der Waals surface area contributed by atoms with Gasteiger partial charge in [-0.25, -0.2) is 9.97 Å². The van der Waals surface area contributed by atoms with E-state index in [9.17, 15) is 0 Å². The third-order valence-electron chi connectivity index (χ3n) is 5.82. The van der Waals surface area contributed by atoms with Gasteiger partial charge in [-0.2, -0.15) is 0 Å². The lowest BCUT2D eigenvalue weighted by Crippen LogP contribution is -2.26. The number of nitrogen functional groups attached to an aromatic ring is 1. The summed E-state index contributed by atoms with van der Waals surface area (Å²) >= 11 is 6.01. The van der Waals surface area contributed by atoms with Gasteiger partial charge in [-0.3, -0.25) is 0 Å². The third-order valence-corrected chi connectivity index (χ3v) is 6.12. The van der Waals surface area contributed by atoms with Gasteiger partial charge in [0, 0.05) is 13.2 Å². The van der Waals surface area contributed by atoms with Crippen LogP contribution in [-0.4, -0.2) is 41.6 Å². The highest BCUT2D eigenvalue weighted by atomic mass is 35.5. The van der Waals surface area contributed by atoms with Gasteiger partial charge < -0.3 is 25.3 Å². The number of rotatable bonds is 14. The molecule has 1 aromatic carbocycles. The molecule has 0 saturated carbocycles. The molecule has 1 saturated heterocycles. The van der Waals surface area contributed by atoms with E-state index in [1.807, 2.05) is 18.2 Å². The maximum atomic E-state index is 6.23. The minimum Gasteiger partial charge on any atom is -0.393 e. The van der Waals surface area contributed by atoms with Gasteiger partial charge in [0.25, 0.3) is 0 Å². The lowest BCUT2D eigenvalue weighted by atomic mass is 10.1. The molecule has 2 heterocycles. The molecule has 0 aliphatic carbocycles. The van der Waals surface area contributed by atoms with Gasteiger partial charge >= 0.3 is 0 Å². The first-order chi connectivity index (χ1) is 16.1. The van der Waals surface area contributed by atoms with E-state index in [1.54, 1.807) is 0 Å². The van der Waals surface area contributed by atoms with Crippen LogP contribution in [0.2, 0.25) is 5.15 Å². The summed E-state index contributed by atoms with van der Waals surface area (Å²) in [5.41, 5.74) is 7.50. The van der Waals surface area contributed by atoms with Crippen molar-refractivity contribution in [3.05, 3.63) is 47.4 Å². The highest BCUT2D eigenvalue weighted by Gasteiger charge is 2.17. The zero-order valence-electron chi connectivity index (χ0n) is 19.5. The fourth-order valence-electron chi connectivity index (χ4n) is 3.88. The molecular weight excluding hydrogens is 440 g/mol. The van der Waals surface area contributed by atoms with Gasteiger partial charge in [0.05, 0.1) is 18.8 Å². The Morgan fingerprint density at radius 2 is 1.97 bits per heavy atom. The summed E-state index contributed by atoms with van der Waals surface area (Å²) in [7, 11) is 0. The van der Waals surface area contributed by atoms with E-state index in [-0.39, 0.29) is 23.7 Å². The molecule has 0 amide bonds. The Hall–Kier alpha value is -1.93. The van der Waals surface area contributed by atoms with Crippen LogP contribution in [0.15, 0.2) is 36.7 Å². The lowest BCUT2D eigenvalue weighted by Gasteiger charge is -2.26. The molecule has 1 fully saturated rings. The van der Waals surface area contributed by atoms with E-state index >= 15 is 0 Å². The van der Waals surface area contributed by atoms with Crippen molar-refractivity contribution in [1.29, 1.82) is 0 Å². The lowest BCUT2D eigenvalue weighted by molar-refractivity contribution is -0.185. The first kappa shape index (κ1) is 25.7. The number of nitrogens with two attached hydrogens (primary N) is 1. The summed E-state index contributed by atoms with van der Waals surface area (Å²) in [5, 5.41) is 3.53. The standard InChI is InChI=1S/C25H37ClN4O3/c1-19(33-22-14-8-9-15-31-22)10-4-2-7-13-21(32-17-20-11-5-3-6-12-20)16-28-25-23(27)24(26)29-18-30-25/h3,5-6,11-12,18-19,21-22H,2,4,7-10,13-17,27H2,1H3,(H,28,29,30)/t19?,21-,22?/m0/s1. The number of anilines is 2. The van der Waals surface area contributed by atoms with Crippen molar-refractivity contribution < 1.29 is 14.2 Å². The third kappa shape index (κ3) is 9.45. The van der Waals surface area contributed by atoms with Gasteiger partial charge in [-0.05, 0) is 44.6 Å². The Kier molecular flexibility index (Phi) is 11.2. The van der Waals surface area contributed by atoms with Crippen LogP contribution in [0.4, 0.5) is 11.5 Å². The van der Waals surface area contributed by atoms with Crippen LogP contribution in [0.5, 0.6) is 0 Å². The van der Waals surface area contributed by atoms with E-state index < -0.39 is 0 Å². The highest BCUT2D eigenvalue weighted by molar-refractivity contribution is 6.32. The Labute approximate surface area is 202 Å². The number of unbranched alkanes of at least 4 members (excludes halogenated alkanes) is 2. The second kappa shape index (κ2) is 14.4. The number of ether oxygens (including phenoxy) is 3. The van der Waals surface area contributed by atoms with Crippen molar-refractivity contribution in [3.63, 3.8) is 0 Å². The molecule has 0 radical (unpaired) electrons. The predicted octanol–water partition coefficient (Wildman–Crippen LogP) is 5.59. The summed E-state index contributed by atoms with van der Waals surface area (Å²) < 4.78 is 17.9. The van der Waals surface area contributed by atoms with Crippen molar-refractivity contribution in [3.8, 4) is 0 Å². The molecule has 3 rings (SSSR count). The molecule has 2 unspecified atom stereocenters. The van der Waals surface area contributed by atoms with E-state index in [1.165, 1.54) is 12.7 Å². The number of benzene rings is 1. The fourth-order valence-corrected chi connectivity index (χ4v) is 4.02. The summed E-state index contributed by atoms with van der Waals surface area (Å²) in [6, 6.07) is 10.2. The average molecular weight is 477 g/mol. The zero-order valence-corrected chi connectivity index (χ0v) is 20.3. The fraction of sp³-hybridized carbons (Fsp3) is 0.600. The van der Waals surface area contributed by atoms with Crippen molar-refractivity contribution >= 4 is 23.1 Å². The molecule has 182 valence electrons. The topological polar surface area (TPSA) is 91.5 Å². The molecule has 8 heteroatoms. The van der Waals surface area contributed by atoms with Crippen LogP contribution in [0, 0.1) is 0 Å². The Morgan fingerprint density at radius 1 is 1.15 bits per heavy atom. The highest BCUT2D eigenvalue weighted by Crippen LogP contribution is 2.23. The zero-order chi connectivity index (χ0) is 23.3. The minimum absolute atomic E-state index is 0.0154. The molecule has 3 atom stereocenters. The molecular formula is C25H37ClN4O3. The van der Waals surface area contributed by atoms with Crippen molar-refractivity contribution in [2.24, 2.45) is 0 Å². The van der Waals surface area contributed by atoms with Crippen LogP contribution in [0.3, 0.4) is 0 Å². The normalized spacial score (nSPS) is 18.1. The number of aromatic nitrogens is 2. The summed E-state index contributed by atoms with van der Waals surface area (Å²) in [6.45, 7) is 4.13. The quantitative estimate of drug-likeness (QED) is 0.271. The average Bonchev–Trinajstić information content (AvgIpc) is 2.83. The number of hydrogen-bond acceptors (Lipinski definition) is 7. The Bertz CT molecular complexity index is 805.